The number of pyridine rings is 1. The third-order valence-corrected chi connectivity index (χ3v) is 7.07. The predicted molar refractivity (Wildman–Crippen MR) is 129 cm³/mol. The van der Waals surface area contributed by atoms with Crippen molar-refractivity contribution in [1.29, 1.82) is 0 Å². The van der Waals surface area contributed by atoms with E-state index in [1.54, 1.807) is 17.0 Å². The Morgan fingerprint density at radius 2 is 1.71 bits per heavy atom. The molecular formula is C25H27FN4O3S. The molecule has 2 heterocycles. The van der Waals surface area contributed by atoms with E-state index >= 15 is 0 Å². The van der Waals surface area contributed by atoms with Gasteiger partial charge in [-0.25, -0.2) is 22.9 Å². The molecule has 1 amide bonds. The van der Waals surface area contributed by atoms with Gasteiger partial charge in [0.25, 0.3) is 15.9 Å². The van der Waals surface area contributed by atoms with E-state index in [0.29, 0.717) is 18.8 Å². The number of nitrogens with one attached hydrogen (secondary N) is 1. The van der Waals surface area contributed by atoms with Gasteiger partial charge in [-0.1, -0.05) is 30.3 Å². The normalized spacial score (nSPS) is 14.8. The van der Waals surface area contributed by atoms with Crippen LogP contribution in [-0.2, 0) is 10.0 Å². The fourth-order valence-corrected chi connectivity index (χ4v) is 4.81. The highest BCUT2D eigenvalue weighted by Gasteiger charge is 2.27. The lowest BCUT2D eigenvalue weighted by atomic mass is 9.89. The molecule has 0 radical (unpaired) electrons. The van der Waals surface area contributed by atoms with Gasteiger partial charge in [-0.3, -0.25) is 4.79 Å². The van der Waals surface area contributed by atoms with Gasteiger partial charge in [0.1, 0.15) is 5.82 Å². The molecule has 1 fully saturated rings. The summed E-state index contributed by atoms with van der Waals surface area (Å²) in [5, 5.41) is 8.22. The van der Waals surface area contributed by atoms with E-state index in [0.717, 1.165) is 35.2 Å². The van der Waals surface area contributed by atoms with Crippen LogP contribution in [0, 0.1) is 19.7 Å². The molecule has 1 saturated heterocycles. The van der Waals surface area contributed by atoms with E-state index in [-0.39, 0.29) is 28.2 Å². The molecule has 3 aromatic rings. The first-order valence-electron chi connectivity index (χ1n) is 11.0. The number of benzene rings is 2. The number of nitrogens with two attached hydrogens (primary N) is 1. The molecule has 7 nitrogen and oxygen atoms in total. The van der Waals surface area contributed by atoms with Crippen molar-refractivity contribution in [2.75, 3.05) is 18.4 Å². The van der Waals surface area contributed by atoms with E-state index in [1.165, 1.54) is 24.4 Å². The second kappa shape index (κ2) is 9.52. The van der Waals surface area contributed by atoms with Crippen molar-refractivity contribution in [2.24, 2.45) is 5.14 Å². The first kappa shape index (κ1) is 23.8. The molecular weight excluding hydrogens is 455 g/mol. The maximum atomic E-state index is 13.4. The molecule has 0 atom stereocenters. The standard InChI is InChI=1S/C25H27FN4O3S/c1-16-4-3-5-17(2)24(16)29-22-14-23(34(27,32)33)28-15-21(22)25(31)30-12-10-19(11-13-30)18-6-8-20(26)9-7-18/h3-9,14-15,19H,10-13H2,1-2H3,(H,28,29)(H2,27,32,33). The maximum Gasteiger partial charge on any atom is 0.257 e. The van der Waals surface area contributed by atoms with Gasteiger partial charge in [-0.2, -0.15) is 0 Å². The summed E-state index contributed by atoms with van der Waals surface area (Å²) in [6.07, 6.45) is 2.77. The molecule has 2 aromatic carbocycles. The number of hydrogen-bond donors (Lipinski definition) is 2. The number of aromatic nitrogens is 1. The molecule has 0 saturated carbocycles. The van der Waals surface area contributed by atoms with Crippen molar-refractivity contribution >= 4 is 27.3 Å². The Morgan fingerprint density at radius 1 is 1.09 bits per heavy atom. The number of carbonyl (C=O) groups excluding carboxylic acids is 1. The Bertz CT molecular complexity index is 1300. The lowest BCUT2D eigenvalue weighted by molar-refractivity contribution is 0.0713. The van der Waals surface area contributed by atoms with Gasteiger partial charge in [0, 0.05) is 31.0 Å². The minimum absolute atomic E-state index is 0.236. The fourth-order valence-electron chi connectivity index (χ4n) is 4.33. The number of halogens is 1. The monoisotopic (exact) mass is 482 g/mol. The molecule has 0 bridgehead atoms. The van der Waals surface area contributed by atoms with Gasteiger partial charge in [-0.15, -0.1) is 0 Å². The molecule has 9 heteroatoms. The molecule has 1 aliphatic rings. The molecule has 4 rings (SSSR count). The number of hydrogen-bond acceptors (Lipinski definition) is 5. The SMILES string of the molecule is Cc1cccc(C)c1Nc1cc(S(N)(=O)=O)ncc1C(=O)N1CCC(c2ccc(F)cc2)CC1. The predicted octanol–water partition coefficient (Wildman–Crippen LogP) is 4.25. The first-order valence-corrected chi connectivity index (χ1v) is 12.6. The zero-order chi connectivity index (χ0) is 24.5. The van der Waals surface area contributed by atoms with Crippen LogP contribution in [0.25, 0.3) is 0 Å². The van der Waals surface area contributed by atoms with Crippen molar-refractivity contribution in [3.05, 3.63) is 82.8 Å². The Balaban J connectivity index is 1.60. The summed E-state index contributed by atoms with van der Waals surface area (Å²) in [5.74, 6) is -0.254. The third kappa shape index (κ3) is 5.10. The highest BCUT2D eigenvalue weighted by Crippen LogP contribution is 2.31. The number of likely N-dealkylation sites (tertiary alicyclic amines) is 1. The lowest BCUT2D eigenvalue weighted by Gasteiger charge is -2.32. The number of sulfonamides is 1. The van der Waals surface area contributed by atoms with Crippen LogP contribution < -0.4 is 10.5 Å². The summed E-state index contributed by atoms with van der Waals surface area (Å²) in [4.78, 5) is 19.1. The molecule has 3 N–H and O–H groups in total. The van der Waals surface area contributed by atoms with Crippen LogP contribution in [-0.4, -0.2) is 37.3 Å². The van der Waals surface area contributed by atoms with E-state index in [2.05, 4.69) is 10.3 Å². The second-order valence-corrected chi connectivity index (χ2v) is 10.1. The van der Waals surface area contributed by atoms with Crippen molar-refractivity contribution in [2.45, 2.75) is 37.6 Å². The van der Waals surface area contributed by atoms with Crippen LogP contribution in [0.4, 0.5) is 15.8 Å². The summed E-state index contributed by atoms with van der Waals surface area (Å²) in [6, 6.07) is 13.6. The number of nitrogens with zero attached hydrogens (tertiary/aromatic N) is 2. The minimum atomic E-state index is -4.05. The van der Waals surface area contributed by atoms with E-state index in [1.807, 2.05) is 32.0 Å². The summed E-state index contributed by atoms with van der Waals surface area (Å²) in [7, 11) is -4.05. The van der Waals surface area contributed by atoms with Crippen molar-refractivity contribution in [1.82, 2.24) is 9.88 Å². The summed E-state index contributed by atoms with van der Waals surface area (Å²) in [5.41, 5.74) is 4.36. The Labute approximate surface area is 198 Å². The average molecular weight is 483 g/mol. The molecule has 0 aliphatic carbocycles. The van der Waals surface area contributed by atoms with Crippen molar-refractivity contribution < 1.29 is 17.6 Å². The number of anilines is 2. The Hall–Kier alpha value is -3.30. The van der Waals surface area contributed by atoms with Crippen LogP contribution in [0.15, 0.2) is 59.8 Å². The van der Waals surface area contributed by atoms with Gasteiger partial charge < -0.3 is 10.2 Å². The summed E-state index contributed by atoms with van der Waals surface area (Å²) >= 11 is 0. The topological polar surface area (TPSA) is 105 Å². The first-order chi connectivity index (χ1) is 16.1. The van der Waals surface area contributed by atoms with Crippen LogP contribution in [0.5, 0.6) is 0 Å². The molecule has 0 unspecified atom stereocenters. The smallest absolute Gasteiger partial charge is 0.257 e. The van der Waals surface area contributed by atoms with E-state index < -0.39 is 10.0 Å². The third-order valence-electron chi connectivity index (χ3n) is 6.27. The summed E-state index contributed by atoms with van der Waals surface area (Å²) in [6.45, 7) is 4.92. The number of aryl methyl sites for hydroxylation is 2. The highest BCUT2D eigenvalue weighted by molar-refractivity contribution is 7.89. The van der Waals surface area contributed by atoms with E-state index in [4.69, 9.17) is 5.14 Å². The zero-order valence-electron chi connectivity index (χ0n) is 19.1. The molecule has 1 aliphatic heterocycles. The fraction of sp³-hybridized carbons (Fsp3) is 0.280. The number of amides is 1. The van der Waals surface area contributed by atoms with Gasteiger partial charge in [0.15, 0.2) is 5.03 Å². The quantitative estimate of drug-likeness (QED) is 0.566. The van der Waals surface area contributed by atoms with Gasteiger partial charge in [-0.05, 0) is 61.4 Å². The highest BCUT2D eigenvalue weighted by atomic mass is 32.2. The van der Waals surface area contributed by atoms with E-state index in [9.17, 15) is 17.6 Å². The second-order valence-electron chi connectivity index (χ2n) is 8.62. The van der Waals surface area contributed by atoms with Gasteiger partial charge >= 0.3 is 0 Å². The summed E-state index contributed by atoms with van der Waals surface area (Å²) < 4.78 is 37.1. The largest absolute Gasteiger partial charge is 0.354 e. The zero-order valence-corrected chi connectivity index (χ0v) is 19.9. The maximum absolute atomic E-state index is 13.4. The number of rotatable bonds is 5. The lowest BCUT2D eigenvalue weighted by Crippen LogP contribution is -2.38. The Kier molecular flexibility index (Phi) is 6.67. The number of carbonyl (C=O) groups is 1. The minimum Gasteiger partial charge on any atom is -0.354 e. The van der Waals surface area contributed by atoms with Crippen LogP contribution >= 0.6 is 0 Å². The molecule has 34 heavy (non-hydrogen) atoms. The Morgan fingerprint density at radius 3 is 2.29 bits per heavy atom. The van der Waals surface area contributed by atoms with Gasteiger partial charge in [0.2, 0.25) is 0 Å². The van der Waals surface area contributed by atoms with Crippen LogP contribution in [0.2, 0.25) is 0 Å². The number of para-hydroxylation sites is 1. The van der Waals surface area contributed by atoms with Crippen molar-refractivity contribution in [3.63, 3.8) is 0 Å². The van der Waals surface area contributed by atoms with Gasteiger partial charge in [0.05, 0.1) is 11.3 Å². The molecule has 1 aromatic heterocycles. The van der Waals surface area contributed by atoms with Crippen LogP contribution in [0.3, 0.4) is 0 Å². The molecule has 178 valence electrons. The average Bonchev–Trinajstić information content (AvgIpc) is 2.81. The number of piperidine rings is 1. The molecule has 0 spiro atoms. The van der Waals surface area contributed by atoms with Crippen molar-refractivity contribution in [3.8, 4) is 0 Å². The van der Waals surface area contributed by atoms with Crippen LogP contribution in [0.1, 0.15) is 45.8 Å². The number of primary sulfonamides is 1.